The lowest BCUT2D eigenvalue weighted by Crippen LogP contribution is -2.27. The van der Waals surface area contributed by atoms with Crippen molar-refractivity contribution < 1.29 is 22.4 Å². The smallest absolute Gasteiger partial charge is 0.269 e. The summed E-state index contributed by atoms with van der Waals surface area (Å²) in [4.78, 5) is 4.88. The van der Waals surface area contributed by atoms with Crippen molar-refractivity contribution in [2.24, 2.45) is 0 Å². The quantitative estimate of drug-likeness (QED) is 0.448. The summed E-state index contributed by atoms with van der Waals surface area (Å²) < 4.78 is 44.5. The number of sulfonamides is 1. The molecule has 31 heavy (non-hydrogen) atoms. The van der Waals surface area contributed by atoms with E-state index in [1.807, 2.05) is 30.3 Å². The zero-order valence-corrected chi connectivity index (χ0v) is 18.0. The largest absolute Gasteiger partial charge is 0.486 e. The van der Waals surface area contributed by atoms with E-state index in [0.717, 1.165) is 5.56 Å². The van der Waals surface area contributed by atoms with E-state index in [0.29, 0.717) is 41.1 Å². The Morgan fingerprint density at radius 2 is 1.77 bits per heavy atom. The summed E-state index contributed by atoms with van der Waals surface area (Å²) in [7, 11) is -2.40. The maximum absolute atomic E-state index is 13.4. The number of anilines is 1. The SMILES string of the molecule is CN(c1ccc2c(c1)OCCO2)S(=O)(=O)c1ccsc1-c1nc(-c2ccccc2)no1. The zero-order valence-electron chi connectivity index (χ0n) is 16.4. The molecule has 158 valence electrons. The molecule has 1 aliphatic heterocycles. The lowest BCUT2D eigenvalue weighted by atomic mass is 10.2. The summed E-state index contributed by atoms with van der Waals surface area (Å²) in [6, 6.07) is 15.9. The highest BCUT2D eigenvalue weighted by molar-refractivity contribution is 7.93. The molecule has 0 amide bonds. The first-order valence-corrected chi connectivity index (χ1v) is 11.7. The van der Waals surface area contributed by atoms with Crippen LogP contribution in [0.1, 0.15) is 0 Å². The van der Waals surface area contributed by atoms with E-state index in [4.69, 9.17) is 14.0 Å². The highest BCUT2D eigenvalue weighted by Gasteiger charge is 2.29. The van der Waals surface area contributed by atoms with Gasteiger partial charge in [0, 0.05) is 18.7 Å². The summed E-state index contributed by atoms with van der Waals surface area (Å²) in [6.45, 7) is 0.885. The van der Waals surface area contributed by atoms with Crippen LogP contribution in [0, 0.1) is 0 Å². The molecule has 0 bridgehead atoms. The molecule has 4 aromatic rings. The second-order valence-electron chi connectivity index (χ2n) is 6.70. The molecule has 0 N–H and O–H groups in total. The van der Waals surface area contributed by atoms with Gasteiger partial charge in [-0.1, -0.05) is 35.5 Å². The summed E-state index contributed by atoms with van der Waals surface area (Å²) in [5.41, 5.74) is 1.24. The number of rotatable bonds is 5. The molecular formula is C21H17N3O5S2. The van der Waals surface area contributed by atoms with Crippen molar-refractivity contribution in [1.29, 1.82) is 0 Å². The van der Waals surface area contributed by atoms with Gasteiger partial charge in [0.15, 0.2) is 11.5 Å². The predicted molar refractivity (Wildman–Crippen MR) is 116 cm³/mol. The van der Waals surface area contributed by atoms with Gasteiger partial charge in [-0.15, -0.1) is 11.3 Å². The van der Waals surface area contributed by atoms with Gasteiger partial charge in [-0.05, 0) is 23.6 Å². The van der Waals surface area contributed by atoms with E-state index >= 15 is 0 Å². The Hall–Kier alpha value is -3.37. The molecular weight excluding hydrogens is 438 g/mol. The van der Waals surface area contributed by atoms with E-state index in [9.17, 15) is 8.42 Å². The Morgan fingerprint density at radius 3 is 2.58 bits per heavy atom. The van der Waals surface area contributed by atoms with Crippen LogP contribution in [0.25, 0.3) is 22.2 Å². The van der Waals surface area contributed by atoms with Crippen LogP contribution >= 0.6 is 11.3 Å². The van der Waals surface area contributed by atoms with Gasteiger partial charge < -0.3 is 14.0 Å². The fraction of sp³-hybridized carbons (Fsp3) is 0.143. The Balaban J connectivity index is 1.49. The van der Waals surface area contributed by atoms with Gasteiger partial charge in [0.1, 0.15) is 23.0 Å². The van der Waals surface area contributed by atoms with Crippen LogP contribution in [0.5, 0.6) is 11.5 Å². The average Bonchev–Trinajstić information content (AvgIpc) is 3.49. The first-order valence-electron chi connectivity index (χ1n) is 9.39. The number of hydrogen-bond acceptors (Lipinski definition) is 8. The van der Waals surface area contributed by atoms with Gasteiger partial charge in [0.2, 0.25) is 5.82 Å². The van der Waals surface area contributed by atoms with Crippen LogP contribution in [-0.2, 0) is 10.0 Å². The van der Waals surface area contributed by atoms with Gasteiger partial charge in [-0.2, -0.15) is 4.98 Å². The summed E-state index contributed by atoms with van der Waals surface area (Å²) in [5.74, 6) is 1.66. The van der Waals surface area contributed by atoms with Crippen molar-refractivity contribution in [2.75, 3.05) is 24.6 Å². The van der Waals surface area contributed by atoms with Gasteiger partial charge >= 0.3 is 0 Å². The molecule has 0 spiro atoms. The van der Waals surface area contributed by atoms with Crippen molar-refractivity contribution in [3.8, 4) is 33.7 Å². The highest BCUT2D eigenvalue weighted by Crippen LogP contribution is 2.38. The minimum Gasteiger partial charge on any atom is -0.486 e. The van der Waals surface area contributed by atoms with Crippen LogP contribution in [0.4, 0.5) is 5.69 Å². The van der Waals surface area contributed by atoms with Crippen LogP contribution in [0.15, 0.2) is 69.4 Å². The second kappa shape index (κ2) is 7.71. The topological polar surface area (TPSA) is 94.8 Å². The van der Waals surface area contributed by atoms with Crippen LogP contribution in [0.3, 0.4) is 0 Å². The number of ether oxygens (including phenoxy) is 2. The third kappa shape index (κ3) is 3.53. The van der Waals surface area contributed by atoms with Crippen molar-refractivity contribution in [3.63, 3.8) is 0 Å². The first-order chi connectivity index (χ1) is 15.0. The number of hydrogen-bond donors (Lipinski definition) is 0. The molecule has 0 fully saturated rings. The second-order valence-corrected chi connectivity index (χ2v) is 9.56. The molecule has 8 nitrogen and oxygen atoms in total. The zero-order chi connectivity index (χ0) is 21.4. The Labute approximate surface area is 182 Å². The minimum atomic E-state index is -3.89. The number of nitrogens with zero attached hydrogens (tertiary/aromatic N) is 3. The van der Waals surface area contributed by atoms with E-state index < -0.39 is 10.0 Å². The summed E-state index contributed by atoms with van der Waals surface area (Å²) >= 11 is 1.23. The van der Waals surface area contributed by atoms with Gasteiger partial charge in [-0.3, -0.25) is 4.31 Å². The molecule has 2 aromatic heterocycles. The van der Waals surface area contributed by atoms with E-state index in [-0.39, 0.29) is 10.8 Å². The number of benzene rings is 2. The third-order valence-electron chi connectivity index (χ3n) is 4.81. The number of thiophene rings is 1. The highest BCUT2D eigenvalue weighted by atomic mass is 32.2. The van der Waals surface area contributed by atoms with Gasteiger partial charge in [-0.25, -0.2) is 8.42 Å². The first kappa shape index (κ1) is 19.6. The molecule has 1 aliphatic rings. The molecule has 2 aromatic carbocycles. The van der Waals surface area contributed by atoms with Crippen molar-refractivity contribution in [2.45, 2.75) is 4.90 Å². The lowest BCUT2D eigenvalue weighted by Gasteiger charge is -2.23. The van der Waals surface area contributed by atoms with Crippen LogP contribution in [-0.4, -0.2) is 38.8 Å². The Kier molecular flexibility index (Phi) is 4.87. The fourth-order valence-corrected chi connectivity index (χ4v) is 5.69. The van der Waals surface area contributed by atoms with Crippen molar-refractivity contribution in [1.82, 2.24) is 10.1 Å². The molecule has 0 saturated heterocycles. The van der Waals surface area contributed by atoms with E-state index in [1.54, 1.807) is 23.6 Å². The summed E-state index contributed by atoms with van der Waals surface area (Å²) in [5, 5.41) is 5.69. The van der Waals surface area contributed by atoms with E-state index in [1.165, 1.54) is 28.8 Å². The molecule has 5 rings (SSSR count). The summed E-state index contributed by atoms with van der Waals surface area (Å²) in [6.07, 6.45) is 0. The molecule has 0 atom stereocenters. The maximum atomic E-state index is 13.4. The average molecular weight is 456 g/mol. The van der Waals surface area contributed by atoms with Gasteiger partial charge in [0.05, 0.1) is 5.69 Å². The molecule has 0 radical (unpaired) electrons. The van der Waals surface area contributed by atoms with Crippen LogP contribution < -0.4 is 13.8 Å². The fourth-order valence-electron chi connectivity index (χ4n) is 3.19. The normalized spacial score (nSPS) is 13.2. The Morgan fingerprint density at radius 1 is 1.00 bits per heavy atom. The maximum Gasteiger partial charge on any atom is 0.269 e. The standard InChI is InChI=1S/C21H17N3O5S2/c1-24(15-7-8-16-17(13-15)28-11-10-27-16)31(25,26)18-9-12-30-19(18)21-22-20(23-29-21)14-5-3-2-4-6-14/h2-9,12-13H,10-11H2,1H3. The van der Waals surface area contributed by atoms with Crippen molar-refractivity contribution in [3.05, 3.63) is 60.0 Å². The third-order valence-corrected chi connectivity index (χ3v) is 7.67. The van der Waals surface area contributed by atoms with E-state index in [2.05, 4.69) is 10.1 Å². The number of aromatic nitrogens is 2. The molecule has 0 unspecified atom stereocenters. The molecule has 10 heteroatoms. The molecule has 3 heterocycles. The van der Waals surface area contributed by atoms with Crippen LogP contribution in [0.2, 0.25) is 0 Å². The number of fused-ring (bicyclic) bond motifs is 1. The Bertz CT molecular complexity index is 1330. The van der Waals surface area contributed by atoms with Gasteiger partial charge in [0.25, 0.3) is 15.9 Å². The van der Waals surface area contributed by atoms with Crippen molar-refractivity contribution >= 4 is 27.0 Å². The molecule has 0 saturated carbocycles. The molecule has 0 aliphatic carbocycles. The monoisotopic (exact) mass is 455 g/mol. The predicted octanol–water partition coefficient (Wildman–Crippen LogP) is 4.06. The lowest BCUT2D eigenvalue weighted by molar-refractivity contribution is 0.171. The minimum absolute atomic E-state index is 0.0955.